The van der Waals surface area contributed by atoms with Crippen LogP contribution in [0.2, 0.25) is 0 Å². The third-order valence-electron chi connectivity index (χ3n) is 13.2. The van der Waals surface area contributed by atoms with Crippen molar-refractivity contribution in [1.29, 1.82) is 0 Å². The molecular formula is C60H112O6. The molecule has 1 atom stereocenters. The second-order valence-electron chi connectivity index (χ2n) is 19.9. The van der Waals surface area contributed by atoms with Gasteiger partial charge >= 0.3 is 17.9 Å². The Morgan fingerprint density at radius 1 is 0.303 bits per heavy atom. The molecule has 0 bridgehead atoms. The molecule has 0 aromatic rings. The topological polar surface area (TPSA) is 78.9 Å². The van der Waals surface area contributed by atoms with E-state index in [4.69, 9.17) is 14.2 Å². The molecule has 0 rings (SSSR count). The van der Waals surface area contributed by atoms with E-state index in [1.807, 2.05) is 0 Å². The number of hydrogen-bond acceptors (Lipinski definition) is 6. The predicted octanol–water partition coefficient (Wildman–Crippen LogP) is 19.5. The summed E-state index contributed by atoms with van der Waals surface area (Å²) in [4.78, 5) is 38.2. The molecule has 0 aliphatic heterocycles. The molecule has 0 aliphatic rings. The molecule has 6 nitrogen and oxygen atoms in total. The van der Waals surface area contributed by atoms with Crippen molar-refractivity contribution in [2.24, 2.45) is 0 Å². The van der Waals surface area contributed by atoms with E-state index in [1.165, 1.54) is 218 Å². The summed E-state index contributed by atoms with van der Waals surface area (Å²) >= 11 is 0. The van der Waals surface area contributed by atoms with E-state index in [0.29, 0.717) is 19.3 Å². The van der Waals surface area contributed by atoms with Crippen LogP contribution in [0, 0.1) is 0 Å². The second kappa shape index (κ2) is 55.5. The van der Waals surface area contributed by atoms with Crippen LogP contribution in [-0.4, -0.2) is 37.2 Å². The number of rotatable bonds is 54. The van der Waals surface area contributed by atoms with E-state index in [2.05, 4.69) is 45.1 Å². The zero-order chi connectivity index (χ0) is 47.9. The molecule has 66 heavy (non-hydrogen) atoms. The monoisotopic (exact) mass is 929 g/mol. The summed E-state index contributed by atoms with van der Waals surface area (Å²) in [5.74, 6) is -0.848. The van der Waals surface area contributed by atoms with Gasteiger partial charge in [-0.05, 0) is 51.4 Å². The van der Waals surface area contributed by atoms with Crippen LogP contribution in [0.15, 0.2) is 24.3 Å². The lowest BCUT2D eigenvalue weighted by Crippen LogP contribution is -2.30. The first-order valence-corrected chi connectivity index (χ1v) is 29.3. The molecule has 0 heterocycles. The number of hydrogen-bond donors (Lipinski definition) is 0. The zero-order valence-electron chi connectivity index (χ0n) is 44.5. The summed E-state index contributed by atoms with van der Waals surface area (Å²) in [6.45, 7) is 6.66. The third-order valence-corrected chi connectivity index (χ3v) is 13.2. The van der Waals surface area contributed by atoms with Gasteiger partial charge in [0, 0.05) is 19.3 Å². The minimum Gasteiger partial charge on any atom is -0.462 e. The fraction of sp³-hybridized carbons (Fsp3) is 0.883. The van der Waals surface area contributed by atoms with Crippen molar-refractivity contribution in [3.05, 3.63) is 24.3 Å². The minimum absolute atomic E-state index is 0.0666. The maximum atomic E-state index is 12.8. The van der Waals surface area contributed by atoms with Gasteiger partial charge in [0.25, 0.3) is 0 Å². The number of ether oxygens (including phenoxy) is 3. The van der Waals surface area contributed by atoms with Crippen LogP contribution in [-0.2, 0) is 28.6 Å². The fourth-order valence-electron chi connectivity index (χ4n) is 8.77. The van der Waals surface area contributed by atoms with E-state index in [-0.39, 0.29) is 31.1 Å². The Morgan fingerprint density at radius 2 is 0.545 bits per heavy atom. The minimum atomic E-state index is -0.767. The summed E-state index contributed by atoms with van der Waals surface area (Å²) < 4.78 is 16.9. The summed E-state index contributed by atoms with van der Waals surface area (Å²) in [6.07, 6.45) is 64.5. The highest BCUT2D eigenvalue weighted by Gasteiger charge is 2.19. The van der Waals surface area contributed by atoms with Gasteiger partial charge in [-0.15, -0.1) is 0 Å². The van der Waals surface area contributed by atoms with Gasteiger partial charge in [-0.1, -0.05) is 276 Å². The van der Waals surface area contributed by atoms with Crippen molar-refractivity contribution in [3.8, 4) is 0 Å². The first kappa shape index (κ1) is 63.9. The van der Waals surface area contributed by atoms with Gasteiger partial charge in [-0.2, -0.15) is 0 Å². The molecule has 0 radical (unpaired) electrons. The molecule has 0 aromatic heterocycles. The molecule has 0 amide bonds. The summed E-state index contributed by atoms with van der Waals surface area (Å²) in [5, 5.41) is 0. The maximum Gasteiger partial charge on any atom is 0.306 e. The van der Waals surface area contributed by atoms with E-state index in [9.17, 15) is 14.4 Å². The Bertz CT molecular complexity index is 1070. The predicted molar refractivity (Wildman–Crippen MR) is 284 cm³/mol. The molecule has 0 unspecified atom stereocenters. The highest BCUT2D eigenvalue weighted by molar-refractivity contribution is 5.71. The number of esters is 3. The highest BCUT2D eigenvalue weighted by Crippen LogP contribution is 2.17. The number of allylic oxidation sites excluding steroid dienone is 4. The Labute approximate surface area is 411 Å². The van der Waals surface area contributed by atoms with Crippen LogP contribution >= 0.6 is 0 Å². The molecule has 6 heteroatoms. The van der Waals surface area contributed by atoms with Crippen LogP contribution in [0.4, 0.5) is 0 Å². The maximum absolute atomic E-state index is 12.8. The fourth-order valence-corrected chi connectivity index (χ4v) is 8.77. The van der Waals surface area contributed by atoms with E-state index in [1.54, 1.807) is 0 Å². The van der Waals surface area contributed by atoms with Gasteiger partial charge in [-0.25, -0.2) is 0 Å². The molecule has 0 saturated heterocycles. The van der Waals surface area contributed by atoms with E-state index < -0.39 is 6.10 Å². The van der Waals surface area contributed by atoms with Crippen molar-refractivity contribution in [2.45, 2.75) is 329 Å². The molecule has 0 aliphatic carbocycles. The number of unbranched alkanes of at least 4 members (excludes halogenated alkanes) is 39. The number of carbonyl (C=O) groups is 3. The van der Waals surface area contributed by atoms with Crippen molar-refractivity contribution in [3.63, 3.8) is 0 Å². The lowest BCUT2D eigenvalue weighted by molar-refractivity contribution is -0.167. The lowest BCUT2D eigenvalue weighted by atomic mass is 10.0. The SMILES string of the molecule is CCCCC/C=C/C/C=C/CCCCCCCCCCCC(=O)OC[C@@H](COC(=O)CCCCCCCCCCCCCCCC)OC(=O)CCCCCCCCCCCCCCCCC. The Hall–Kier alpha value is -2.11. The highest BCUT2D eigenvalue weighted by atomic mass is 16.6. The van der Waals surface area contributed by atoms with Crippen LogP contribution in [0.1, 0.15) is 323 Å². The lowest BCUT2D eigenvalue weighted by Gasteiger charge is -2.18. The Balaban J connectivity index is 4.31. The quantitative estimate of drug-likeness (QED) is 0.0262. The van der Waals surface area contributed by atoms with Crippen LogP contribution in [0.25, 0.3) is 0 Å². The zero-order valence-corrected chi connectivity index (χ0v) is 44.5. The van der Waals surface area contributed by atoms with Crippen LogP contribution in [0.3, 0.4) is 0 Å². The van der Waals surface area contributed by atoms with Crippen LogP contribution < -0.4 is 0 Å². The summed E-state index contributed by atoms with van der Waals surface area (Å²) in [5.41, 5.74) is 0. The molecular weight excluding hydrogens is 817 g/mol. The first-order valence-electron chi connectivity index (χ1n) is 29.3. The standard InChI is InChI=1S/C60H112O6/c1-4-7-10-13-16-19-22-25-28-29-30-31-33-35-38-41-44-47-50-53-59(62)65-56-57(55-64-58(61)52-49-46-43-40-37-34-27-24-21-18-15-12-9-6-3)66-60(63)54-51-48-45-42-39-36-32-26-23-20-17-14-11-8-5-2/h16,19,25,28,57H,4-15,17-18,20-24,26-27,29-56H2,1-3H3/b19-16+,28-25+/t57-/m1/s1. The summed E-state index contributed by atoms with van der Waals surface area (Å²) in [7, 11) is 0. The van der Waals surface area contributed by atoms with E-state index >= 15 is 0 Å². The molecule has 388 valence electrons. The van der Waals surface area contributed by atoms with Crippen molar-refractivity contribution >= 4 is 17.9 Å². The third kappa shape index (κ3) is 52.9. The molecule has 0 fully saturated rings. The first-order chi connectivity index (χ1) is 32.5. The van der Waals surface area contributed by atoms with Gasteiger partial charge in [0.15, 0.2) is 6.10 Å². The normalized spacial score (nSPS) is 12.1. The Morgan fingerprint density at radius 3 is 0.864 bits per heavy atom. The van der Waals surface area contributed by atoms with Crippen molar-refractivity contribution < 1.29 is 28.6 Å². The van der Waals surface area contributed by atoms with Gasteiger partial charge < -0.3 is 14.2 Å². The molecule has 0 N–H and O–H groups in total. The smallest absolute Gasteiger partial charge is 0.306 e. The Kier molecular flexibility index (Phi) is 53.7. The van der Waals surface area contributed by atoms with Crippen molar-refractivity contribution in [1.82, 2.24) is 0 Å². The van der Waals surface area contributed by atoms with Crippen molar-refractivity contribution in [2.75, 3.05) is 13.2 Å². The molecule has 0 spiro atoms. The summed E-state index contributed by atoms with van der Waals surface area (Å²) in [6, 6.07) is 0. The van der Waals surface area contributed by atoms with Gasteiger partial charge in [-0.3, -0.25) is 14.4 Å². The average molecular weight is 930 g/mol. The average Bonchev–Trinajstić information content (AvgIpc) is 3.31. The molecule has 0 saturated carbocycles. The largest absolute Gasteiger partial charge is 0.462 e. The van der Waals surface area contributed by atoms with Crippen LogP contribution in [0.5, 0.6) is 0 Å². The second-order valence-corrected chi connectivity index (χ2v) is 19.9. The van der Waals surface area contributed by atoms with Gasteiger partial charge in [0.2, 0.25) is 0 Å². The van der Waals surface area contributed by atoms with E-state index in [0.717, 1.165) is 64.2 Å². The van der Waals surface area contributed by atoms with Gasteiger partial charge in [0.1, 0.15) is 13.2 Å². The molecule has 0 aromatic carbocycles. The number of carbonyl (C=O) groups excluding carboxylic acids is 3. The van der Waals surface area contributed by atoms with Gasteiger partial charge in [0.05, 0.1) is 0 Å².